The van der Waals surface area contributed by atoms with Crippen molar-refractivity contribution in [1.29, 1.82) is 5.26 Å². The Kier molecular flexibility index (Phi) is 2.34. The molecule has 0 heterocycles. The number of nitrogens with zero attached hydrogens (tertiary/aromatic N) is 2. The number of hydrogen-bond donors (Lipinski definition) is 0. The SMILES string of the molecule is N#C/C(Cl)=N/F. The van der Waals surface area contributed by atoms with Crippen molar-refractivity contribution in [3.8, 4) is 6.07 Å². The van der Waals surface area contributed by atoms with Crippen LogP contribution in [0.5, 0.6) is 0 Å². The van der Waals surface area contributed by atoms with Gasteiger partial charge in [0.1, 0.15) is 6.07 Å². The molecule has 0 aliphatic rings. The van der Waals surface area contributed by atoms with Gasteiger partial charge in [-0.15, -0.1) is 0 Å². The summed E-state index contributed by atoms with van der Waals surface area (Å²) in [5, 5.41) is 8.74. The number of halogens is 2. The average Bonchev–Trinajstić information content (AvgIpc) is 1.65. The van der Waals surface area contributed by atoms with Crippen molar-refractivity contribution in [3.05, 3.63) is 0 Å². The Morgan fingerprint density at radius 3 is 2.50 bits per heavy atom. The van der Waals surface area contributed by atoms with Crippen molar-refractivity contribution >= 4 is 16.8 Å². The van der Waals surface area contributed by atoms with Gasteiger partial charge < -0.3 is 0 Å². The highest BCUT2D eigenvalue weighted by molar-refractivity contribution is 6.69. The summed E-state index contributed by atoms with van der Waals surface area (Å²) in [6, 6.07) is 1.26. The predicted molar refractivity (Wildman–Crippen MR) is 20.0 cm³/mol. The largest absolute Gasteiger partial charge is 0.239 e. The Balaban J connectivity index is 3.61. The second kappa shape index (κ2) is 2.61. The minimum absolute atomic E-state index is 0.671. The summed E-state index contributed by atoms with van der Waals surface area (Å²) in [4.78, 5) is 0. The predicted octanol–water partition coefficient (Wildman–Crippen LogP) is 1.03. The van der Waals surface area contributed by atoms with Gasteiger partial charge in [-0.05, 0) is 11.6 Å². The maximum Gasteiger partial charge on any atom is 0.239 e. The first-order chi connectivity index (χ1) is 2.81. The lowest BCUT2D eigenvalue weighted by Crippen LogP contribution is -1.71. The highest BCUT2D eigenvalue weighted by Gasteiger charge is 1.81. The smallest absolute Gasteiger partial charge is 0.190 e. The van der Waals surface area contributed by atoms with Gasteiger partial charge in [-0.25, -0.2) is 0 Å². The Morgan fingerprint density at radius 2 is 2.50 bits per heavy atom. The van der Waals surface area contributed by atoms with Crippen molar-refractivity contribution in [2.24, 2.45) is 5.21 Å². The van der Waals surface area contributed by atoms with Crippen LogP contribution in [0, 0.1) is 11.3 Å². The third-order valence-electron chi connectivity index (χ3n) is 0.166. The highest BCUT2D eigenvalue weighted by Crippen LogP contribution is 1.80. The lowest BCUT2D eigenvalue weighted by molar-refractivity contribution is 0.540. The van der Waals surface area contributed by atoms with Gasteiger partial charge in [0.15, 0.2) is 0 Å². The van der Waals surface area contributed by atoms with E-state index in [4.69, 9.17) is 5.26 Å². The Bertz CT molecular complexity index is 103. The van der Waals surface area contributed by atoms with Crippen molar-refractivity contribution in [2.45, 2.75) is 0 Å². The van der Waals surface area contributed by atoms with E-state index >= 15 is 0 Å². The van der Waals surface area contributed by atoms with Gasteiger partial charge in [-0.1, -0.05) is 9.70 Å². The number of rotatable bonds is 0. The Labute approximate surface area is 38.8 Å². The van der Waals surface area contributed by atoms with Gasteiger partial charge in [0, 0.05) is 0 Å². The fourth-order valence-electron chi connectivity index (χ4n) is 0.0189. The summed E-state index contributed by atoms with van der Waals surface area (Å²) in [6.45, 7) is 0. The van der Waals surface area contributed by atoms with E-state index in [0.29, 0.717) is 0 Å². The van der Waals surface area contributed by atoms with Crippen molar-refractivity contribution in [2.75, 3.05) is 0 Å². The first kappa shape index (κ1) is 5.38. The van der Waals surface area contributed by atoms with Gasteiger partial charge in [0.2, 0.25) is 5.17 Å². The molecule has 0 atom stereocenters. The summed E-state index contributed by atoms with van der Waals surface area (Å²) < 4.78 is 10.6. The molecule has 0 aliphatic carbocycles. The van der Waals surface area contributed by atoms with Gasteiger partial charge >= 0.3 is 0 Å². The maximum atomic E-state index is 10.6. The lowest BCUT2D eigenvalue weighted by Gasteiger charge is -1.61. The van der Waals surface area contributed by atoms with Gasteiger partial charge in [-0.2, -0.15) is 5.26 Å². The van der Waals surface area contributed by atoms with Gasteiger partial charge in [0.05, 0.1) is 0 Å². The molecule has 0 aromatic rings. The minimum atomic E-state index is -0.671. The van der Waals surface area contributed by atoms with Gasteiger partial charge in [-0.3, -0.25) is 0 Å². The van der Waals surface area contributed by atoms with Crippen molar-refractivity contribution < 1.29 is 4.48 Å². The summed E-state index contributed by atoms with van der Waals surface area (Å²) in [6.07, 6.45) is 0. The molecule has 0 saturated carbocycles. The van der Waals surface area contributed by atoms with Crippen LogP contribution in [0.25, 0.3) is 0 Å². The normalized spacial score (nSPS) is 10.5. The molecular formula is C2ClFN2. The van der Waals surface area contributed by atoms with Crippen LogP contribution in [0.15, 0.2) is 5.21 Å². The topological polar surface area (TPSA) is 36.1 Å². The van der Waals surface area contributed by atoms with Crippen LogP contribution >= 0.6 is 11.6 Å². The van der Waals surface area contributed by atoms with Crippen LogP contribution in [0.3, 0.4) is 0 Å². The van der Waals surface area contributed by atoms with E-state index in [2.05, 4.69) is 11.6 Å². The zero-order chi connectivity index (χ0) is 4.99. The minimum Gasteiger partial charge on any atom is -0.190 e. The van der Waals surface area contributed by atoms with E-state index < -0.39 is 5.17 Å². The van der Waals surface area contributed by atoms with Gasteiger partial charge in [0.25, 0.3) is 0 Å². The first-order valence-electron chi connectivity index (χ1n) is 1.06. The summed E-state index contributed by atoms with van der Waals surface area (Å²) in [7, 11) is 0. The summed E-state index contributed by atoms with van der Waals surface area (Å²) >= 11 is 4.66. The van der Waals surface area contributed by atoms with Crippen molar-refractivity contribution in [3.63, 3.8) is 0 Å². The Hall–Kier alpha value is -0.620. The molecule has 0 rings (SSSR count). The molecule has 0 amide bonds. The molecule has 32 valence electrons. The first-order valence-corrected chi connectivity index (χ1v) is 1.43. The molecule has 0 saturated heterocycles. The Morgan fingerprint density at radius 1 is 2.00 bits per heavy atom. The highest BCUT2D eigenvalue weighted by atomic mass is 35.5. The van der Waals surface area contributed by atoms with E-state index in [9.17, 15) is 4.48 Å². The number of nitriles is 1. The van der Waals surface area contributed by atoms with E-state index in [1.165, 1.54) is 6.07 Å². The summed E-state index contributed by atoms with van der Waals surface area (Å²) in [5.41, 5.74) is 0. The van der Waals surface area contributed by atoms with E-state index in [0.717, 1.165) is 0 Å². The van der Waals surface area contributed by atoms with Crippen LogP contribution in [0.1, 0.15) is 0 Å². The van der Waals surface area contributed by atoms with Crippen LogP contribution in [-0.4, -0.2) is 5.17 Å². The monoisotopic (exact) mass is 106 g/mol. The van der Waals surface area contributed by atoms with Crippen LogP contribution in [0.2, 0.25) is 0 Å². The molecule has 0 aromatic carbocycles. The molecule has 0 aromatic heterocycles. The lowest BCUT2D eigenvalue weighted by atomic mass is 10.9. The second-order valence-corrected chi connectivity index (χ2v) is 0.845. The van der Waals surface area contributed by atoms with Crippen LogP contribution < -0.4 is 0 Å². The molecule has 0 fully saturated rings. The van der Waals surface area contributed by atoms with E-state index in [1.807, 2.05) is 5.21 Å². The second-order valence-electron chi connectivity index (χ2n) is 0.487. The van der Waals surface area contributed by atoms with E-state index in [1.54, 1.807) is 0 Å². The molecular weight excluding hydrogens is 106 g/mol. The molecule has 2 nitrogen and oxygen atoms in total. The molecule has 4 heteroatoms. The molecule has 0 unspecified atom stereocenters. The van der Waals surface area contributed by atoms with E-state index in [-0.39, 0.29) is 0 Å². The summed E-state index contributed by atoms with van der Waals surface area (Å²) in [5.74, 6) is 0. The molecule has 0 bridgehead atoms. The molecule has 0 N–H and O–H groups in total. The fourth-order valence-corrected chi connectivity index (χ4v) is 0.0189. The third-order valence-corrected chi connectivity index (χ3v) is 0.315. The zero-order valence-corrected chi connectivity index (χ0v) is 3.41. The van der Waals surface area contributed by atoms with Crippen LogP contribution in [-0.2, 0) is 0 Å². The third kappa shape index (κ3) is 1.68. The molecule has 0 radical (unpaired) electrons. The zero-order valence-electron chi connectivity index (χ0n) is 2.65. The molecule has 0 aliphatic heterocycles. The quantitative estimate of drug-likeness (QED) is 0.425. The van der Waals surface area contributed by atoms with Crippen molar-refractivity contribution in [1.82, 2.24) is 0 Å². The molecule has 6 heavy (non-hydrogen) atoms. The van der Waals surface area contributed by atoms with Crippen LogP contribution in [0.4, 0.5) is 4.48 Å². The average molecular weight is 106 g/mol. The standard InChI is InChI=1S/C2ClFN2/c3-2(1-5)6-4/b6-2-. The number of hydrogen-bond acceptors (Lipinski definition) is 2. The molecule has 0 spiro atoms. The fraction of sp³-hybridized carbons (Fsp3) is 0. The maximum absolute atomic E-state index is 10.6.